The van der Waals surface area contributed by atoms with Crippen molar-refractivity contribution < 1.29 is 4.43 Å². The maximum Gasteiger partial charge on any atom is 0.191 e. The number of hydrogen-bond acceptors (Lipinski definition) is 2. The standard InChI is InChI=1S/C14H25NOSi/c1-14(2,3)17(4,5)16-11-7-9-13-8-6-10-15-12-13/h6,8,10,12H,7,9,11H2,1-5H3. The topological polar surface area (TPSA) is 22.1 Å². The van der Waals surface area contributed by atoms with E-state index in [0.717, 1.165) is 19.4 Å². The molecule has 96 valence electrons. The van der Waals surface area contributed by atoms with E-state index in [9.17, 15) is 0 Å². The Labute approximate surface area is 107 Å². The Morgan fingerprint density at radius 1 is 1.29 bits per heavy atom. The van der Waals surface area contributed by atoms with Gasteiger partial charge in [-0.15, -0.1) is 0 Å². The molecule has 2 nitrogen and oxygen atoms in total. The van der Waals surface area contributed by atoms with Crippen LogP contribution in [0.4, 0.5) is 0 Å². The molecular formula is C14H25NOSi. The summed E-state index contributed by atoms with van der Waals surface area (Å²) in [4.78, 5) is 4.12. The first-order valence-corrected chi connectivity index (χ1v) is 9.27. The Hall–Kier alpha value is -0.673. The maximum absolute atomic E-state index is 6.13. The van der Waals surface area contributed by atoms with E-state index in [1.165, 1.54) is 5.56 Å². The molecule has 1 aromatic rings. The fourth-order valence-corrected chi connectivity index (χ4v) is 2.45. The summed E-state index contributed by atoms with van der Waals surface area (Å²) in [7, 11) is -1.56. The van der Waals surface area contributed by atoms with Gasteiger partial charge < -0.3 is 4.43 Å². The summed E-state index contributed by atoms with van der Waals surface area (Å²) in [5.74, 6) is 0. The number of hydrogen-bond donors (Lipinski definition) is 0. The average molecular weight is 251 g/mol. The predicted molar refractivity (Wildman–Crippen MR) is 75.7 cm³/mol. The number of aromatic nitrogens is 1. The highest BCUT2D eigenvalue weighted by Gasteiger charge is 2.36. The van der Waals surface area contributed by atoms with Gasteiger partial charge in [0.05, 0.1) is 0 Å². The molecule has 1 heterocycles. The third kappa shape index (κ3) is 4.60. The lowest BCUT2D eigenvalue weighted by molar-refractivity contribution is 0.282. The Morgan fingerprint density at radius 2 is 2.00 bits per heavy atom. The molecule has 3 heteroatoms. The minimum atomic E-state index is -1.56. The van der Waals surface area contributed by atoms with Crippen molar-refractivity contribution in [1.82, 2.24) is 4.98 Å². The van der Waals surface area contributed by atoms with Crippen molar-refractivity contribution in [2.75, 3.05) is 6.61 Å². The van der Waals surface area contributed by atoms with E-state index >= 15 is 0 Å². The van der Waals surface area contributed by atoms with E-state index in [0.29, 0.717) is 5.04 Å². The van der Waals surface area contributed by atoms with E-state index in [4.69, 9.17) is 4.43 Å². The van der Waals surface area contributed by atoms with Gasteiger partial charge >= 0.3 is 0 Å². The van der Waals surface area contributed by atoms with E-state index in [-0.39, 0.29) is 0 Å². The van der Waals surface area contributed by atoms with Crippen LogP contribution in [0.2, 0.25) is 18.1 Å². The first-order chi connectivity index (χ1) is 7.83. The van der Waals surface area contributed by atoms with Gasteiger partial charge in [-0.05, 0) is 42.6 Å². The molecule has 0 spiro atoms. The van der Waals surface area contributed by atoms with Crippen LogP contribution < -0.4 is 0 Å². The highest BCUT2D eigenvalue weighted by molar-refractivity contribution is 6.74. The van der Waals surface area contributed by atoms with E-state index < -0.39 is 8.32 Å². The summed E-state index contributed by atoms with van der Waals surface area (Å²) in [6, 6.07) is 4.11. The molecule has 0 aliphatic rings. The molecule has 0 radical (unpaired) electrons. The van der Waals surface area contributed by atoms with Gasteiger partial charge in [0.25, 0.3) is 0 Å². The normalized spacial score (nSPS) is 12.8. The van der Waals surface area contributed by atoms with Crippen LogP contribution in [0.25, 0.3) is 0 Å². The predicted octanol–water partition coefficient (Wildman–Crippen LogP) is 4.04. The minimum absolute atomic E-state index is 0.307. The van der Waals surface area contributed by atoms with Gasteiger partial charge in [-0.3, -0.25) is 4.98 Å². The Morgan fingerprint density at radius 3 is 2.53 bits per heavy atom. The largest absolute Gasteiger partial charge is 0.417 e. The molecule has 0 saturated carbocycles. The lowest BCUT2D eigenvalue weighted by Gasteiger charge is -2.36. The molecule has 1 aromatic heterocycles. The summed E-state index contributed by atoms with van der Waals surface area (Å²) in [6.45, 7) is 12.3. The zero-order valence-electron chi connectivity index (χ0n) is 11.8. The molecule has 0 aliphatic heterocycles. The summed E-state index contributed by atoms with van der Waals surface area (Å²) in [5, 5.41) is 0.307. The zero-order valence-corrected chi connectivity index (χ0v) is 12.8. The third-order valence-corrected chi connectivity index (χ3v) is 8.14. The summed E-state index contributed by atoms with van der Waals surface area (Å²) in [6.07, 6.45) is 5.89. The Kier molecular flexibility index (Phi) is 4.89. The van der Waals surface area contributed by atoms with Crippen molar-refractivity contribution >= 4 is 8.32 Å². The Balaban J connectivity index is 2.30. The molecule has 17 heavy (non-hydrogen) atoms. The molecule has 1 rings (SSSR count). The molecule has 0 bridgehead atoms. The SMILES string of the molecule is CC(C)(C)[Si](C)(C)OCCCc1cccnc1. The molecule has 0 saturated heterocycles. The van der Waals surface area contributed by atoms with Crippen molar-refractivity contribution in [1.29, 1.82) is 0 Å². The van der Waals surface area contributed by atoms with Gasteiger partial charge in [-0.1, -0.05) is 26.8 Å². The quantitative estimate of drug-likeness (QED) is 0.582. The molecule has 0 fully saturated rings. The van der Waals surface area contributed by atoms with Crippen molar-refractivity contribution in [3.63, 3.8) is 0 Å². The summed E-state index contributed by atoms with van der Waals surface area (Å²) < 4.78 is 6.13. The Bertz CT molecular complexity index is 330. The van der Waals surface area contributed by atoms with Crippen molar-refractivity contribution in [2.24, 2.45) is 0 Å². The van der Waals surface area contributed by atoms with Crippen LogP contribution in [0.5, 0.6) is 0 Å². The van der Waals surface area contributed by atoms with Crippen LogP contribution in [0, 0.1) is 0 Å². The highest BCUT2D eigenvalue weighted by Crippen LogP contribution is 2.36. The van der Waals surface area contributed by atoms with E-state index in [1.54, 1.807) is 0 Å². The third-order valence-electron chi connectivity index (χ3n) is 3.60. The maximum atomic E-state index is 6.13. The van der Waals surface area contributed by atoms with Gasteiger partial charge in [0, 0.05) is 19.0 Å². The molecule has 0 unspecified atom stereocenters. The van der Waals surface area contributed by atoms with Crippen molar-refractivity contribution in [3.05, 3.63) is 30.1 Å². The van der Waals surface area contributed by atoms with Crippen LogP contribution in [0.15, 0.2) is 24.5 Å². The summed E-state index contributed by atoms with van der Waals surface area (Å²) >= 11 is 0. The van der Waals surface area contributed by atoms with Crippen LogP contribution in [0.3, 0.4) is 0 Å². The molecule has 0 aliphatic carbocycles. The van der Waals surface area contributed by atoms with Gasteiger partial charge in [-0.25, -0.2) is 0 Å². The van der Waals surface area contributed by atoms with Gasteiger partial charge in [0.1, 0.15) is 0 Å². The fourth-order valence-electron chi connectivity index (χ4n) is 1.37. The first kappa shape index (κ1) is 14.4. The second kappa shape index (κ2) is 5.78. The van der Waals surface area contributed by atoms with Gasteiger partial charge in [0.15, 0.2) is 8.32 Å². The summed E-state index contributed by atoms with van der Waals surface area (Å²) in [5.41, 5.74) is 1.30. The highest BCUT2D eigenvalue weighted by atomic mass is 28.4. The number of aryl methyl sites for hydroxylation is 1. The second-order valence-electron chi connectivity index (χ2n) is 6.07. The molecule has 0 amide bonds. The van der Waals surface area contributed by atoms with E-state index in [2.05, 4.69) is 44.9 Å². The lowest BCUT2D eigenvalue weighted by Crippen LogP contribution is -2.41. The smallest absolute Gasteiger partial charge is 0.191 e. The van der Waals surface area contributed by atoms with Crippen molar-refractivity contribution in [3.8, 4) is 0 Å². The number of nitrogens with zero attached hydrogens (tertiary/aromatic N) is 1. The number of pyridine rings is 1. The number of rotatable bonds is 5. The second-order valence-corrected chi connectivity index (χ2v) is 10.9. The molecule has 0 aromatic carbocycles. The van der Waals surface area contributed by atoms with Crippen LogP contribution in [0.1, 0.15) is 32.8 Å². The van der Waals surface area contributed by atoms with Gasteiger partial charge in [-0.2, -0.15) is 0 Å². The van der Waals surface area contributed by atoms with E-state index in [1.807, 2.05) is 18.5 Å². The fraction of sp³-hybridized carbons (Fsp3) is 0.643. The monoisotopic (exact) mass is 251 g/mol. The average Bonchev–Trinajstić information content (AvgIpc) is 2.24. The lowest BCUT2D eigenvalue weighted by atomic mass is 10.2. The molecule has 0 atom stereocenters. The van der Waals surface area contributed by atoms with Crippen LogP contribution in [-0.2, 0) is 10.8 Å². The zero-order chi connectivity index (χ0) is 12.9. The van der Waals surface area contributed by atoms with Crippen LogP contribution in [-0.4, -0.2) is 19.9 Å². The van der Waals surface area contributed by atoms with Crippen LogP contribution >= 0.6 is 0 Å². The first-order valence-electron chi connectivity index (χ1n) is 6.36. The van der Waals surface area contributed by atoms with Gasteiger partial charge in [0.2, 0.25) is 0 Å². The minimum Gasteiger partial charge on any atom is -0.417 e. The molecule has 0 N–H and O–H groups in total. The van der Waals surface area contributed by atoms with Crippen molar-refractivity contribution in [2.45, 2.75) is 51.7 Å². The molecular weight excluding hydrogens is 226 g/mol.